The molecular weight excluding hydrogens is 392 g/mol. The van der Waals surface area contributed by atoms with Gasteiger partial charge in [0.2, 0.25) is 0 Å². The van der Waals surface area contributed by atoms with Crippen LogP contribution in [-0.2, 0) is 6.54 Å². The summed E-state index contributed by atoms with van der Waals surface area (Å²) < 4.78 is 7.15. The number of nitrogens with zero attached hydrogens (tertiary/aromatic N) is 1. The molecule has 3 rings (SSSR count). The molecule has 6 nitrogen and oxygen atoms in total. The highest BCUT2D eigenvalue weighted by Crippen LogP contribution is 2.26. The summed E-state index contributed by atoms with van der Waals surface area (Å²) >= 11 is 6.11. The van der Waals surface area contributed by atoms with Gasteiger partial charge in [0.15, 0.2) is 5.78 Å². The summed E-state index contributed by atoms with van der Waals surface area (Å²) in [6.45, 7) is 5.85. The highest BCUT2D eigenvalue weighted by Gasteiger charge is 2.16. The van der Waals surface area contributed by atoms with E-state index in [4.69, 9.17) is 16.3 Å². The number of hydrogen-bond acceptors (Lipinski definition) is 4. The van der Waals surface area contributed by atoms with Crippen LogP contribution in [0.4, 0.5) is 0 Å². The minimum Gasteiger partial charge on any atom is -0.491 e. The van der Waals surface area contributed by atoms with Crippen molar-refractivity contribution >= 4 is 17.4 Å². The first-order chi connectivity index (χ1) is 13.7. The van der Waals surface area contributed by atoms with Crippen LogP contribution in [0.15, 0.2) is 52.2 Å². The van der Waals surface area contributed by atoms with E-state index in [1.54, 1.807) is 25.1 Å². The summed E-state index contributed by atoms with van der Waals surface area (Å²) in [6, 6.07) is 10.5. The van der Waals surface area contributed by atoms with Gasteiger partial charge in [0.05, 0.1) is 12.1 Å². The van der Waals surface area contributed by atoms with Crippen molar-refractivity contribution in [2.75, 3.05) is 6.61 Å². The number of aryl methyl sites for hydroxylation is 3. The van der Waals surface area contributed by atoms with Crippen LogP contribution in [0.5, 0.6) is 5.75 Å². The molecule has 0 atom stereocenters. The highest BCUT2D eigenvalue weighted by molar-refractivity contribution is 6.31. The topological polar surface area (TPSA) is 81.2 Å². The maximum Gasteiger partial charge on any atom is 0.328 e. The Balaban J connectivity index is 1.84. The smallest absolute Gasteiger partial charge is 0.328 e. The lowest BCUT2D eigenvalue weighted by Gasteiger charge is -2.13. The fraction of sp³-hybridized carbons (Fsp3) is 0.227. The molecule has 0 radical (unpaired) electrons. The minimum absolute atomic E-state index is 0.139. The fourth-order valence-corrected chi connectivity index (χ4v) is 3.28. The van der Waals surface area contributed by atoms with Crippen molar-refractivity contribution in [2.24, 2.45) is 0 Å². The number of aromatic nitrogens is 2. The van der Waals surface area contributed by atoms with E-state index in [0.29, 0.717) is 27.5 Å². The number of carbonyl (C=O) groups is 1. The van der Waals surface area contributed by atoms with Crippen LogP contribution in [0.2, 0.25) is 5.02 Å². The number of ether oxygens (including phenoxy) is 1. The van der Waals surface area contributed by atoms with Crippen LogP contribution in [0.25, 0.3) is 0 Å². The van der Waals surface area contributed by atoms with Crippen molar-refractivity contribution in [3.63, 3.8) is 0 Å². The second-order valence-electron chi connectivity index (χ2n) is 6.96. The quantitative estimate of drug-likeness (QED) is 0.629. The van der Waals surface area contributed by atoms with Crippen LogP contribution in [0.3, 0.4) is 0 Å². The Morgan fingerprint density at radius 1 is 1.07 bits per heavy atom. The van der Waals surface area contributed by atoms with Gasteiger partial charge in [0, 0.05) is 22.3 Å². The van der Waals surface area contributed by atoms with Crippen molar-refractivity contribution in [1.29, 1.82) is 0 Å². The molecule has 0 saturated heterocycles. The number of halogens is 1. The maximum absolute atomic E-state index is 13.1. The van der Waals surface area contributed by atoms with Gasteiger partial charge >= 0.3 is 5.69 Å². The fourth-order valence-electron chi connectivity index (χ4n) is 3.11. The lowest BCUT2D eigenvalue weighted by Crippen LogP contribution is -2.32. The van der Waals surface area contributed by atoms with Crippen LogP contribution < -0.4 is 16.0 Å². The van der Waals surface area contributed by atoms with E-state index in [9.17, 15) is 14.4 Å². The second kappa shape index (κ2) is 8.49. The molecule has 0 amide bonds. The van der Waals surface area contributed by atoms with Gasteiger partial charge in [0.25, 0.3) is 5.56 Å². The molecule has 0 aliphatic carbocycles. The Morgan fingerprint density at radius 2 is 1.76 bits per heavy atom. The zero-order chi connectivity index (χ0) is 21.1. The van der Waals surface area contributed by atoms with Gasteiger partial charge in [-0.25, -0.2) is 4.79 Å². The molecule has 1 heterocycles. The van der Waals surface area contributed by atoms with Crippen molar-refractivity contribution in [3.8, 4) is 5.75 Å². The molecule has 3 aromatic rings. The number of carbonyl (C=O) groups excluding carboxylic acids is 1. The summed E-state index contributed by atoms with van der Waals surface area (Å²) in [5.74, 6) is 0.194. The molecule has 0 bridgehead atoms. The van der Waals surface area contributed by atoms with Gasteiger partial charge in [-0.1, -0.05) is 28.8 Å². The molecule has 0 aliphatic heterocycles. The molecule has 7 heteroatoms. The Hall–Kier alpha value is -3.12. The Morgan fingerprint density at radius 3 is 2.45 bits per heavy atom. The molecule has 150 valence electrons. The first kappa shape index (κ1) is 20.6. The summed E-state index contributed by atoms with van der Waals surface area (Å²) in [5, 5.41) is 0.428. The predicted octanol–water partition coefficient (Wildman–Crippen LogP) is 3.43. The number of H-pyrrole nitrogens is 1. The zero-order valence-corrected chi connectivity index (χ0v) is 17.2. The molecule has 1 aromatic heterocycles. The predicted molar refractivity (Wildman–Crippen MR) is 112 cm³/mol. The highest BCUT2D eigenvalue weighted by atomic mass is 35.5. The minimum atomic E-state index is -0.508. The lowest BCUT2D eigenvalue weighted by molar-refractivity contribution is 0.103. The zero-order valence-electron chi connectivity index (χ0n) is 16.4. The van der Waals surface area contributed by atoms with Crippen molar-refractivity contribution in [3.05, 3.63) is 96.3 Å². The summed E-state index contributed by atoms with van der Waals surface area (Å²) in [5.41, 5.74) is 2.41. The van der Waals surface area contributed by atoms with Crippen LogP contribution in [0, 0.1) is 20.8 Å². The molecule has 1 N–H and O–H groups in total. The van der Waals surface area contributed by atoms with Gasteiger partial charge in [0.1, 0.15) is 12.4 Å². The molecule has 0 spiro atoms. The molecule has 0 aliphatic rings. The van der Waals surface area contributed by atoms with E-state index >= 15 is 0 Å². The van der Waals surface area contributed by atoms with E-state index < -0.39 is 11.2 Å². The van der Waals surface area contributed by atoms with Gasteiger partial charge < -0.3 is 4.74 Å². The third-order valence-electron chi connectivity index (χ3n) is 4.45. The largest absolute Gasteiger partial charge is 0.491 e. The van der Waals surface area contributed by atoms with Gasteiger partial charge in [-0.2, -0.15) is 0 Å². The average Bonchev–Trinajstić information content (AvgIpc) is 2.65. The van der Waals surface area contributed by atoms with Crippen molar-refractivity contribution < 1.29 is 9.53 Å². The molecule has 29 heavy (non-hydrogen) atoms. The molecular formula is C22H21ClN2O4. The van der Waals surface area contributed by atoms with Gasteiger partial charge in [-0.15, -0.1) is 0 Å². The number of benzene rings is 2. The van der Waals surface area contributed by atoms with Gasteiger partial charge in [-0.3, -0.25) is 19.1 Å². The van der Waals surface area contributed by atoms with Crippen molar-refractivity contribution in [1.82, 2.24) is 9.55 Å². The van der Waals surface area contributed by atoms with E-state index in [2.05, 4.69) is 4.98 Å². The Bertz CT molecular complexity index is 1170. The molecule has 0 saturated carbocycles. The third kappa shape index (κ3) is 4.84. The number of hydrogen-bond donors (Lipinski definition) is 1. The number of rotatable bonds is 6. The average molecular weight is 413 g/mol. The maximum atomic E-state index is 13.1. The Labute approximate surface area is 172 Å². The normalized spacial score (nSPS) is 10.8. The molecule has 0 fully saturated rings. The summed E-state index contributed by atoms with van der Waals surface area (Å²) in [6.07, 6.45) is 1.48. The standard InChI is InChI=1S/C22H21ClN2O4/c1-13-8-14(2)10-16(9-13)20(26)18-11-17(23)4-5-19(18)29-7-6-25-12-15(3)21(27)24-22(25)28/h4-5,8-12H,6-7H2,1-3H3,(H,24,27,28). The number of nitrogens with one attached hydrogen (secondary N) is 1. The lowest BCUT2D eigenvalue weighted by atomic mass is 9.99. The first-order valence-electron chi connectivity index (χ1n) is 9.10. The second-order valence-corrected chi connectivity index (χ2v) is 7.40. The van der Waals surface area contributed by atoms with Crippen LogP contribution >= 0.6 is 11.6 Å². The Kier molecular flexibility index (Phi) is 6.03. The first-order valence-corrected chi connectivity index (χ1v) is 9.48. The summed E-state index contributed by atoms with van der Waals surface area (Å²) in [7, 11) is 0. The number of ketones is 1. The molecule has 2 aromatic carbocycles. The summed E-state index contributed by atoms with van der Waals surface area (Å²) in [4.78, 5) is 38.7. The monoisotopic (exact) mass is 412 g/mol. The molecule has 0 unspecified atom stereocenters. The third-order valence-corrected chi connectivity index (χ3v) is 4.68. The SMILES string of the molecule is Cc1cc(C)cc(C(=O)c2cc(Cl)ccc2OCCn2cc(C)c(=O)[nH]c2=O)c1. The van der Waals surface area contributed by atoms with E-state index in [-0.39, 0.29) is 18.9 Å². The van der Waals surface area contributed by atoms with E-state index in [0.717, 1.165) is 11.1 Å². The van der Waals surface area contributed by atoms with E-state index in [1.807, 2.05) is 32.0 Å². The van der Waals surface area contributed by atoms with Gasteiger partial charge in [-0.05, 0) is 51.1 Å². The van der Waals surface area contributed by atoms with Crippen LogP contribution in [0.1, 0.15) is 32.6 Å². The van der Waals surface area contributed by atoms with Crippen LogP contribution in [-0.4, -0.2) is 21.9 Å². The number of aromatic amines is 1. The van der Waals surface area contributed by atoms with Crippen molar-refractivity contribution in [2.45, 2.75) is 27.3 Å². The van der Waals surface area contributed by atoms with E-state index in [1.165, 1.54) is 10.8 Å².